The molecule has 8 heavy (non-hydrogen) atoms. The number of nitrogens with one attached hydrogen (secondary N) is 1. The van der Waals surface area contributed by atoms with Crippen LogP contribution < -0.4 is 4.72 Å². The lowest BCUT2D eigenvalue weighted by atomic mass is 10.3. The summed E-state index contributed by atoms with van der Waals surface area (Å²) in [6, 6.07) is 0. The van der Waals surface area contributed by atoms with Gasteiger partial charge in [0.25, 0.3) is 0 Å². The quantitative estimate of drug-likeness (QED) is 0.443. The average molecular weight is 152 g/mol. The summed E-state index contributed by atoms with van der Waals surface area (Å²) in [5.41, 5.74) is 0. The second kappa shape index (κ2) is 2.60. The Bertz CT molecular complexity index is 108. The Kier molecular flexibility index (Phi) is 2.02. The summed E-state index contributed by atoms with van der Waals surface area (Å²) in [7, 11) is 0. The van der Waals surface area contributed by atoms with E-state index in [1.807, 2.05) is 0 Å². The number of hydrogen-bond donors (Lipinski definition) is 1. The van der Waals surface area contributed by atoms with Crippen molar-refractivity contribution in [2.45, 2.75) is 11.7 Å². The molecule has 2 nitrogen and oxygen atoms in total. The molecule has 1 N–H and O–H groups in total. The SMILES string of the molecule is O=C1CC(CCl)SN1. The Labute approximate surface area is 57.1 Å². The highest BCUT2D eigenvalue weighted by Crippen LogP contribution is 2.18. The summed E-state index contributed by atoms with van der Waals surface area (Å²) < 4.78 is 2.61. The molecule has 0 aromatic carbocycles. The molecule has 0 saturated carbocycles. The first kappa shape index (κ1) is 6.23. The van der Waals surface area contributed by atoms with Crippen LogP contribution >= 0.6 is 23.5 Å². The lowest BCUT2D eigenvalue weighted by Gasteiger charge is -1.94. The van der Waals surface area contributed by atoms with Gasteiger partial charge >= 0.3 is 0 Å². The van der Waals surface area contributed by atoms with Crippen molar-refractivity contribution < 1.29 is 4.79 Å². The van der Waals surface area contributed by atoms with E-state index in [9.17, 15) is 4.79 Å². The van der Waals surface area contributed by atoms with Crippen LogP contribution in [0.3, 0.4) is 0 Å². The molecular weight excluding hydrogens is 146 g/mol. The second-order valence-electron chi connectivity index (χ2n) is 1.62. The van der Waals surface area contributed by atoms with E-state index in [0.717, 1.165) is 0 Å². The molecule has 0 bridgehead atoms. The molecular formula is C4H6ClNOS. The largest absolute Gasteiger partial charge is 0.300 e. The van der Waals surface area contributed by atoms with Crippen LogP contribution in [0.4, 0.5) is 0 Å². The molecule has 0 aromatic rings. The van der Waals surface area contributed by atoms with Gasteiger partial charge in [0.05, 0.1) is 0 Å². The van der Waals surface area contributed by atoms with E-state index in [2.05, 4.69) is 4.72 Å². The fourth-order valence-electron chi connectivity index (χ4n) is 0.525. The van der Waals surface area contributed by atoms with Gasteiger partial charge in [-0.25, -0.2) is 0 Å². The predicted octanol–water partition coefficient (Wildman–Crippen LogP) is 0.762. The molecule has 46 valence electrons. The van der Waals surface area contributed by atoms with Gasteiger partial charge < -0.3 is 0 Å². The third kappa shape index (κ3) is 1.29. The van der Waals surface area contributed by atoms with Crippen LogP contribution in [0.5, 0.6) is 0 Å². The number of rotatable bonds is 1. The molecule has 1 atom stereocenters. The van der Waals surface area contributed by atoms with E-state index in [4.69, 9.17) is 11.6 Å². The van der Waals surface area contributed by atoms with Crippen molar-refractivity contribution in [3.05, 3.63) is 0 Å². The van der Waals surface area contributed by atoms with E-state index in [1.165, 1.54) is 11.9 Å². The number of hydrogen-bond acceptors (Lipinski definition) is 2. The summed E-state index contributed by atoms with van der Waals surface area (Å²) in [6.07, 6.45) is 0.578. The summed E-state index contributed by atoms with van der Waals surface area (Å²) >= 11 is 6.88. The molecule has 1 unspecified atom stereocenters. The minimum absolute atomic E-state index is 0.0978. The number of alkyl halides is 1. The van der Waals surface area contributed by atoms with Gasteiger partial charge in [0.15, 0.2) is 0 Å². The van der Waals surface area contributed by atoms with E-state index in [0.29, 0.717) is 17.6 Å². The molecule has 0 aliphatic carbocycles. The number of carbonyl (C=O) groups excluding carboxylic acids is 1. The molecule has 1 aliphatic rings. The fourth-order valence-corrected chi connectivity index (χ4v) is 1.50. The Morgan fingerprint density at radius 1 is 2.00 bits per heavy atom. The van der Waals surface area contributed by atoms with Crippen molar-refractivity contribution in [3.8, 4) is 0 Å². The van der Waals surface area contributed by atoms with E-state index in [-0.39, 0.29) is 5.91 Å². The average Bonchev–Trinajstić information content (AvgIpc) is 2.14. The fraction of sp³-hybridized carbons (Fsp3) is 0.750. The standard InChI is InChI=1S/C4H6ClNOS/c5-2-3-1-4(7)6-8-3/h3H,1-2H2,(H,6,7). The zero-order valence-corrected chi connectivity index (χ0v) is 5.76. The van der Waals surface area contributed by atoms with Crippen molar-refractivity contribution in [2.75, 3.05) is 5.88 Å². The van der Waals surface area contributed by atoms with Crippen LogP contribution in [0.15, 0.2) is 0 Å². The zero-order chi connectivity index (χ0) is 5.98. The molecule has 1 rings (SSSR count). The van der Waals surface area contributed by atoms with Crippen LogP contribution in [0.25, 0.3) is 0 Å². The van der Waals surface area contributed by atoms with Crippen molar-refractivity contribution >= 4 is 29.5 Å². The van der Waals surface area contributed by atoms with Crippen LogP contribution in [0.2, 0.25) is 0 Å². The maximum absolute atomic E-state index is 10.4. The molecule has 1 amide bonds. The summed E-state index contributed by atoms with van der Waals surface area (Å²) in [6.45, 7) is 0. The van der Waals surface area contributed by atoms with E-state index in [1.54, 1.807) is 0 Å². The lowest BCUT2D eigenvalue weighted by Crippen LogP contribution is -2.05. The molecule has 1 saturated heterocycles. The number of carbonyl (C=O) groups is 1. The Balaban J connectivity index is 2.32. The van der Waals surface area contributed by atoms with Gasteiger partial charge in [-0.15, -0.1) is 11.6 Å². The molecule has 0 aromatic heterocycles. The molecule has 4 heteroatoms. The van der Waals surface area contributed by atoms with Crippen LogP contribution in [0, 0.1) is 0 Å². The van der Waals surface area contributed by atoms with Gasteiger partial charge in [-0.2, -0.15) is 0 Å². The van der Waals surface area contributed by atoms with Crippen molar-refractivity contribution in [2.24, 2.45) is 0 Å². The minimum atomic E-state index is 0.0978. The topological polar surface area (TPSA) is 29.1 Å². The molecule has 0 radical (unpaired) electrons. The maximum atomic E-state index is 10.4. The predicted molar refractivity (Wildman–Crippen MR) is 34.9 cm³/mol. The minimum Gasteiger partial charge on any atom is -0.300 e. The van der Waals surface area contributed by atoms with Gasteiger partial charge in [0.1, 0.15) is 0 Å². The first-order chi connectivity index (χ1) is 3.83. The maximum Gasteiger partial charge on any atom is 0.231 e. The van der Waals surface area contributed by atoms with Crippen molar-refractivity contribution in [3.63, 3.8) is 0 Å². The van der Waals surface area contributed by atoms with Gasteiger partial charge in [0.2, 0.25) is 5.91 Å². The molecule has 1 fully saturated rings. The Hall–Kier alpha value is 0.110. The molecule has 1 heterocycles. The lowest BCUT2D eigenvalue weighted by molar-refractivity contribution is -0.118. The third-order valence-electron chi connectivity index (χ3n) is 0.925. The first-order valence-electron chi connectivity index (χ1n) is 2.33. The van der Waals surface area contributed by atoms with Crippen LogP contribution in [-0.4, -0.2) is 17.0 Å². The van der Waals surface area contributed by atoms with Crippen LogP contribution in [0.1, 0.15) is 6.42 Å². The summed E-state index contributed by atoms with van der Waals surface area (Å²) in [4.78, 5) is 10.4. The van der Waals surface area contributed by atoms with Gasteiger partial charge in [-0.3, -0.25) is 9.52 Å². The summed E-state index contributed by atoms with van der Waals surface area (Å²) in [5, 5.41) is 0.296. The normalized spacial score (nSPS) is 28.1. The highest BCUT2D eigenvalue weighted by Gasteiger charge is 2.20. The van der Waals surface area contributed by atoms with Gasteiger partial charge in [0, 0.05) is 17.6 Å². The third-order valence-corrected chi connectivity index (χ3v) is 2.49. The zero-order valence-electron chi connectivity index (χ0n) is 4.19. The van der Waals surface area contributed by atoms with E-state index >= 15 is 0 Å². The summed E-state index contributed by atoms with van der Waals surface area (Å²) in [5.74, 6) is 0.657. The molecule has 0 spiro atoms. The van der Waals surface area contributed by atoms with Crippen molar-refractivity contribution in [1.29, 1.82) is 0 Å². The van der Waals surface area contributed by atoms with Crippen molar-refractivity contribution in [1.82, 2.24) is 4.72 Å². The monoisotopic (exact) mass is 151 g/mol. The Morgan fingerprint density at radius 3 is 3.00 bits per heavy atom. The molecule has 1 aliphatic heterocycles. The number of halogens is 1. The Morgan fingerprint density at radius 2 is 2.75 bits per heavy atom. The highest BCUT2D eigenvalue weighted by molar-refractivity contribution is 7.99. The highest BCUT2D eigenvalue weighted by atomic mass is 35.5. The van der Waals surface area contributed by atoms with Gasteiger partial charge in [-0.1, -0.05) is 0 Å². The van der Waals surface area contributed by atoms with Crippen LogP contribution in [-0.2, 0) is 4.79 Å². The first-order valence-corrected chi connectivity index (χ1v) is 3.75. The van der Waals surface area contributed by atoms with Gasteiger partial charge in [-0.05, 0) is 11.9 Å². The van der Waals surface area contributed by atoms with E-state index < -0.39 is 0 Å². The smallest absolute Gasteiger partial charge is 0.231 e. The second-order valence-corrected chi connectivity index (χ2v) is 3.04. The number of amides is 1.